The Labute approximate surface area is 97.9 Å². The predicted octanol–water partition coefficient (Wildman–Crippen LogP) is 0.561. The first-order valence-electron chi connectivity index (χ1n) is 4.98. The number of rotatable bonds is 1. The second-order valence-electron chi connectivity index (χ2n) is 3.35. The molecule has 0 aliphatic carbocycles. The molecule has 1 aromatic heterocycles. The standard InChI is InChI=1S/C10H12N4OS/c1-2-9-12-8(7-16-9)13-10(15)14-5-3-11-4-6-14/h1,7,11H,3-6H2,(H,13,15). The molecule has 2 rings (SSSR count). The van der Waals surface area contributed by atoms with Crippen LogP contribution in [-0.4, -0.2) is 42.1 Å². The highest BCUT2D eigenvalue weighted by Gasteiger charge is 2.16. The van der Waals surface area contributed by atoms with Crippen LogP contribution in [0, 0.1) is 12.3 Å². The zero-order valence-corrected chi connectivity index (χ0v) is 9.51. The quantitative estimate of drug-likeness (QED) is 0.701. The van der Waals surface area contributed by atoms with Crippen molar-refractivity contribution in [1.29, 1.82) is 0 Å². The van der Waals surface area contributed by atoms with Gasteiger partial charge in [0.25, 0.3) is 0 Å². The fourth-order valence-corrected chi connectivity index (χ4v) is 2.01. The van der Waals surface area contributed by atoms with Crippen LogP contribution in [0.3, 0.4) is 0 Å². The Morgan fingerprint density at radius 2 is 2.38 bits per heavy atom. The number of anilines is 1. The number of nitrogens with zero attached hydrogens (tertiary/aromatic N) is 2. The minimum atomic E-state index is -0.115. The Bertz CT molecular complexity index is 417. The summed E-state index contributed by atoms with van der Waals surface area (Å²) in [4.78, 5) is 17.6. The molecule has 1 aliphatic heterocycles. The maximum absolute atomic E-state index is 11.8. The molecule has 6 heteroatoms. The molecule has 0 atom stereocenters. The first-order valence-corrected chi connectivity index (χ1v) is 5.86. The molecule has 1 aromatic rings. The Kier molecular flexibility index (Phi) is 3.39. The normalized spacial score (nSPS) is 15.6. The zero-order valence-electron chi connectivity index (χ0n) is 8.69. The molecule has 84 valence electrons. The number of amides is 2. The van der Waals surface area contributed by atoms with Gasteiger partial charge < -0.3 is 10.2 Å². The highest BCUT2D eigenvalue weighted by molar-refractivity contribution is 7.10. The minimum absolute atomic E-state index is 0.115. The summed E-state index contributed by atoms with van der Waals surface area (Å²) in [7, 11) is 0. The Morgan fingerprint density at radius 3 is 3.00 bits per heavy atom. The van der Waals surface area contributed by atoms with Gasteiger partial charge in [0.15, 0.2) is 5.01 Å². The van der Waals surface area contributed by atoms with Gasteiger partial charge in [-0.1, -0.05) is 0 Å². The number of thiazole rings is 1. The lowest BCUT2D eigenvalue weighted by atomic mass is 10.4. The zero-order chi connectivity index (χ0) is 11.4. The number of hydrogen-bond donors (Lipinski definition) is 2. The van der Waals surface area contributed by atoms with Crippen LogP contribution in [0.15, 0.2) is 5.38 Å². The molecule has 0 bridgehead atoms. The summed E-state index contributed by atoms with van der Waals surface area (Å²) in [5.74, 6) is 2.96. The summed E-state index contributed by atoms with van der Waals surface area (Å²) in [6, 6.07) is -0.115. The molecular weight excluding hydrogens is 224 g/mol. The molecule has 0 saturated carbocycles. The van der Waals surface area contributed by atoms with Gasteiger partial charge in [0.2, 0.25) is 0 Å². The maximum atomic E-state index is 11.8. The smallest absolute Gasteiger partial charge is 0.322 e. The van der Waals surface area contributed by atoms with E-state index < -0.39 is 0 Å². The third-order valence-corrected chi connectivity index (χ3v) is 3.04. The molecule has 0 spiro atoms. The van der Waals surface area contributed by atoms with Gasteiger partial charge in [-0.05, 0) is 5.92 Å². The van der Waals surface area contributed by atoms with Crippen LogP contribution < -0.4 is 10.6 Å². The number of carbonyl (C=O) groups excluding carboxylic acids is 1. The van der Waals surface area contributed by atoms with E-state index >= 15 is 0 Å². The van der Waals surface area contributed by atoms with E-state index in [1.54, 1.807) is 10.3 Å². The van der Waals surface area contributed by atoms with E-state index in [0.717, 1.165) is 26.2 Å². The van der Waals surface area contributed by atoms with Crippen LogP contribution in [0.25, 0.3) is 0 Å². The van der Waals surface area contributed by atoms with E-state index in [9.17, 15) is 4.79 Å². The van der Waals surface area contributed by atoms with Gasteiger partial charge in [-0.3, -0.25) is 5.32 Å². The van der Waals surface area contributed by atoms with E-state index in [1.165, 1.54) is 11.3 Å². The van der Waals surface area contributed by atoms with E-state index in [0.29, 0.717) is 10.8 Å². The van der Waals surface area contributed by atoms with E-state index in [1.807, 2.05) is 0 Å². The molecule has 2 amide bonds. The SMILES string of the molecule is C#Cc1nc(NC(=O)N2CCNCC2)cs1. The Balaban J connectivity index is 1.93. The highest BCUT2D eigenvalue weighted by atomic mass is 32.1. The predicted molar refractivity (Wildman–Crippen MR) is 63.5 cm³/mol. The molecule has 2 N–H and O–H groups in total. The van der Waals surface area contributed by atoms with Crippen LogP contribution >= 0.6 is 11.3 Å². The van der Waals surface area contributed by atoms with Gasteiger partial charge in [0.1, 0.15) is 5.82 Å². The summed E-state index contributed by atoms with van der Waals surface area (Å²) >= 11 is 1.35. The van der Waals surface area contributed by atoms with Crippen LogP contribution in [0.4, 0.5) is 10.6 Å². The van der Waals surface area contributed by atoms with Crippen LogP contribution in [0.2, 0.25) is 0 Å². The number of hydrogen-bond acceptors (Lipinski definition) is 4. The molecule has 0 radical (unpaired) electrons. The lowest BCUT2D eigenvalue weighted by Crippen LogP contribution is -2.48. The first kappa shape index (κ1) is 10.9. The van der Waals surface area contributed by atoms with Crippen molar-refractivity contribution in [2.24, 2.45) is 0 Å². The summed E-state index contributed by atoms with van der Waals surface area (Å²) in [6.45, 7) is 3.11. The Morgan fingerprint density at radius 1 is 1.62 bits per heavy atom. The third-order valence-electron chi connectivity index (χ3n) is 2.27. The van der Waals surface area contributed by atoms with Gasteiger partial charge in [-0.2, -0.15) is 0 Å². The molecule has 5 nitrogen and oxygen atoms in total. The average Bonchev–Trinajstić information content (AvgIpc) is 2.78. The number of aromatic nitrogens is 1. The molecular formula is C10H12N4OS. The fourth-order valence-electron chi connectivity index (χ4n) is 1.45. The minimum Gasteiger partial charge on any atom is -0.322 e. The van der Waals surface area contributed by atoms with Gasteiger partial charge in [0.05, 0.1) is 0 Å². The highest BCUT2D eigenvalue weighted by Crippen LogP contribution is 2.13. The van der Waals surface area contributed by atoms with Crippen LogP contribution in [-0.2, 0) is 0 Å². The number of urea groups is 1. The van der Waals surface area contributed by atoms with Crippen molar-refractivity contribution in [1.82, 2.24) is 15.2 Å². The molecule has 1 saturated heterocycles. The fraction of sp³-hybridized carbons (Fsp3) is 0.400. The van der Waals surface area contributed by atoms with E-state index in [4.69, 9.17) is 6.42 Å². The summed E-state index contributed by atoms with van der Waals surface area (Å²) in [5, 5.41) is 8.24. The second-order valence-corrected chi connectivity index (χ2v) is 4.21. The van der Waals surface area contributed by atoms with Crippen molar-refractivity contribution < 1.29 is 4.79 Å². The van der Waals surface area contributed by atoms with Crippen LogP contribution in [0.5, 0.6) is 0 Å². The van der Waals surface area contributed by atoms with Crippen LogP contribution in [0.1, 0.15) is 5.01 Å². The van der Waals surface area contributed by atoms with E-state index in [2.05, 4.69) is 21.5 Å². The molecule has 0 unspecified atom stereocenters. The maximum Gasteiger partial charge on any atom is 0.323 e. The van der Waals surface area contributed by atoms with Crippen molar-refractivity contribution >= 4 is 23.2 Å². The lowest BCUT2D eigenvalue weighted by molar-refractivity contribution is 0.204. The number of piperazine rings is 1. The van der Waals surface area contributed by atoms with Crippen molar-refractivity contribution in [3.8, 4) is 12.3 Å². The molecule has 1 fully saturated rings. The van der Waals surface area contributed by atoms with Gasteiger partial charge in [-0.25, -0.2) is 9.78 Å². The lowest BCUT2D eigenvalue weighted by Gasteiger charge is -2.27. The Hall–Kier alpha value is -1.58. The third kappa shape index (κ3) is 2.51. The summed E-state index contributed by atoms with van der Waals surface area (Å²) in [6.07, 6.45) is 5.20. The van der Waals surface area contributed by atoms with Gasteiger partial charge >= 0.3 is 6.03 Å². The van der Waals surface area contributed by atoms with Crippen molar-refractivity contribution in [2.45, 2.75) is 0 Å². The van der Waals surface area contributed by atoms with Crippen molar-refractivity contribution in [3.05, 3.63) is 10.4 Å². The summed E-state index contributed by atoms with van der Waals surface area (Å²) in [5.41, 5.74) is 0. The van der Waals surface area contributed by atoms with Crippen molar-refractivity contribution in [2.75, 3.05) is 31.5 Å². The van der Waals surface area contributed by atoms with Gasteiger partial charge in [-0.15, -0.1) is 17.8 Å². The number of nitrogens with one attached hydrogen (secondary N) is 2. The second kappa shape index (κ2) is 4.96. The molecule has 0 aromatic carbocycles. The monoisotopic (exact) mass is 236 g/mol. The first-order chi connectivity index (χ1) is 7.79. The number of terminal acetylenes is 1. The topological polar surface area (TPSA) is 57.3 Å². The number of carbonyl (C=O) groups is 1. The van der Waals surface area contributed by atoms with Crippen molar-refractivity contribution in [3.63, 3.8) is 0 Å². The largest absolute Gasteiger partial charge is 0.323 e. The molecule has 16 heavy (non-hydrogen) atoms. The average molecular weight is 236 g/mol. The van der Waals surface area contributed by atoms with Gasteiger partial charge in [0, 0.05) is 31.6 Å². The molecule has 1 aliphatic rings. The van der Waals surface area contributed by atoms with E-state index in [-0.39, 0.29) is 6.03 Å². The molecule has 2 heterocycles. The summed E-state index contributed by atoms with van der Waals surface area (Å²) < 4.78 is 0.